The Morgan fingerprint density at radius 3 is 2.40 bits per heavy atom. The maximum atomic E-state index is 12.2. The summed E-state index contributed by atoms with van der Waals surface area (Å²) in [5, 5.41) is 10.3. The fourth-order valence-electron chi connectivity index (χ4n) is 4.90. The number of carbonyl (C=O) groups is 1. The molecule has 114 valence electrons. The lowest BCUT2D eigenvalue weighted by atomic mass is 9.49. The number of carbonyl (C=O) groups excluding carboxylic acids is 1. The summed E-state index contributed by atoms with van der Waals surface area (Å²) < 4.78 is 5.70. The van der Waals surface area contributed by atoms with Gasteiger partial charge in [-0.25, -0.2) is 0 Å². The molecular weight excluding hydrogens is 252 g/mol. The number of aliphatic hydroxyl groups is 1. The Hall–Kier alpha value is -0.570. The Bertz CT molecular complexity index is 385. The van der Waals surface area contributed by atoms with Gasteiger partial charge >= 0.3 is 5.97 Å². The molecule has 0 aromatic heterocycles. The molecule has 0 radical (unpaired) electrons. The molecule has 3 nitrogen and oxygen atoms in total. The summed E-state index contributed by atoms with van der Waals surface area (Å²) in [6.45, 7) is 6.52. The third kappa shape index (κ3) is 2.28. The fourth-order valence-corrected chi connectivity index (χ4v) is 4.90. The maximum Gasteiger partial charge on any atom is 0.311 e. The quantitative estimate of drug-likeness (QED) is 0.805. The molecule has 4 rings (SSSR count). The van der Waals surface area contributed by atoms with Crippen LogP contribution in [0.25, 0.3) is 0 Å². The van der Waals surface area contributed by atoms with E-state index in [0.29, 0.717) is 18.4 Å². The Labute approximate surface area is 122 Å². The van der Waals surface area contributed by atoms with Crippen molar-refractivity contribution in [1.82, 2.24) is 0 Å². The van der Waals surface area contributed by atoms with Gasteiger partial charge in [0, 0.05) is 5.41 Å². The average molecular weight is 280 g/mol. The van der Waals surface area contributed by atoms with Gasteiger partial charge in [0.15, 0.2) is 0 Å². The van der Waals surface area contributed by atoms with Gasteiger partial charge in [-0.3, -0.25) is 4.79 Å². The molecule has 4 saturated carbocycles. The van der Waals surface area contributed by atoms with E-state index in [9.17, 15) is 9.90 Å². The molecular formula is C17H28O3. The summed E-state index contributed by atoms with van der Waals surface area (Å²) >= 11 is 0. The van der Waals surface area contributed by atoms with Crippen LogP contribution in [0.1, 0.15) is 59.3 Å². The topological polar surface area (TPSA) is 46.5 Å². The fraction of sp³-hybridized carbons (Fsp3) is 0.941. The van der Waals surface area contributed by atoms with Crippen molar-refractivity contribution < 1.29 is 14.6 Å². The van der Waals surface area contributed by atoms with Crippen molar-refractivity contribution in [2.24, 2.45) is 28.6 Å². The number of rotatable bonds is 4. The normalized spacial score (nSPS) is 42.8. The van der Waals surface area contributed by atoms with E-state index in [1.807, 2.05) is 20.8 Å². The van der Waals surface area contributed by atoms with E-state index in [1.165, 1.54) is 19.3 Å². The minimum atomic E-state index is -0.373. The highest BCUT2D eigenvalue weighted by Crippen LogP contribution is 2.60. The summed E-state index contributed by atoms with van der Waals surface area (Å²) in [5.74, 6) is 1.61. The highest BCUT2D eigenvalue weighted by Gasteiger charge is 2.55. The molecule has 0 heterocycles. The Balaban J connectivity index is 1.65. The number of ether oxygens (including phenoxy) is 1. The standard InChI is InChI=1S/C17H28O3/c1-4-16(2,3)15(19)20-10-17-7-11-5-12(8-17)14(18)13(6-11)9-17/h11-14,18H,4-10H2,1-3H3. The van der Waals surface area contributed by atoms with Crippen LogP contribution in [-0.4, -0.2) is 23.8 Å². The third-order valence-electron chi connectivity index (χ3n) is 6.30. The van der Waals surface area contributed by atoms with Crippen LogP contribution in [0.3, 0.4) is 0 Å². The van der Waals surface area contributed by atoms with Crippen molar-refractivity contribution in [3.8, 4) is 0 Å². The molecule has 4 aliphatic carbocycles. The van der Waals surface area contributed by atoms with Gasteiger partial charge < -0.3 is 9.84 Å². The summed E-state index contributed by atoms with van der Waals surface area (Å²) in [6, 6.07) is 0. The van der Waals surface area contributed by atoms with Crippen LogP contribution in [0.2, 0.25) is 0 Å². The van der Waals surface area contributed by atoms with Crippen LogP contribution >= 0.6 is 0 Å². The van der Waals surface area contributed by atoms with Gasteiger partial charge in [-0.2, -0.15) is 0 Å². The van der Waals surface area contributed by atoms with E-state index in [0.717, 1.165) is 25.2 Å². The number of hydrogen-bond donors (Lipinski definition) is 1. The predicted octanol–water partition coefficient (Wildman–Crippen LogP) is 3.15. The highest BCUT2D eigenvalue weighted by molar-refractivity contribution is 5.75. The van der Waals surface area contributed by atoms with Gasteiger partial charge in [0.25, 0.3) is 0 Å². The van der Waals surface area contributed by atoms with Crippen LogP contribution in [0.5, 0.6) is 0 Å². The molecule has 0 amide bonds. The number of hydrogen-bond acceptors (Lipinski definition) is 3. The van der Waals surface area contributed by atoms with Crippen molar-refractivity contribution in [3.63, 3.8) is 0 Å². The van der Waals surface area contributed by atoms with Crippen LogP contribution < -0.4 is 0 Å². The SMILES string of the molecule is CCC(C)(C)C(=O)OCC12CC3CC(C1)C(O)C(C3)C2. The lowest BCUT2D eigenvalue weighted by molar-refractivity contribution is -0.176. The minimum absolute atomic E-state index is 0.0590. The van der Waals surface area contributed by atoms with E-state index in [2.05, 4.69) is 0 Å². The molecule has 0 aromatic rings. The summed E-state index contributed by atoms with van der Waals surface area (Å²) in [4.78, 5) is 12.2. The van der Waals surface area contributed by atoms with Crippen molar-refractivity contribution in [3.05, 3.63) is 0 Å². The molecule has 4 fully saturated rings. The van der Waals surface area contributed by atoms with Crippen molar-refractivity contribution in [2.75, 3.05) is 6.61 Å². The van der Waals surface area contributed by atoms with E-state index >= 15 is 0 Å². The maximum absolute atomic E-state index is 12.2. The predicted molar refractivity (Wildman–Crippen MR) is 77.0 cm³/mol. The van der Waals surface area contributed by atoms with Gasteiger partial charge in [0.1, 0.15) is 0 Å². The van der Waals surface area contributed by atoms with Crippen LogP contribution in [0, 0.1) is 28.6 Å². The first kappa shape index (κ1) is 14.4. The molecule has 4 aliphatic rings. The van der Waals surface area contributed by atoms with E-state index < -0.39 is 0 Å². The van der Waals surface area contributed by atoms with E-state index in [4.69, 9.17) is 4.74 Å². The monoisotopic (exact) mass is 280 g/mol. The van der Waals surface area contributed by atoms with E-state index in [1.54, 1.807) is 0 Å². The zero-order chi connectivity index (χ0) is 14.5. The van der Waals surface area contributed by atoms with Gasteiger partial charge in [-0.1, -0.05) is 6.92 Å². The van der Waals surface area contributed by atoms with Crippen molar-refractivity contribution in [1.29, 1.82) is 0 Å². The molecule has 4 bridgehead atoms. The van der Waals surface area contributed by atoms with Gasteiger partial charge in [-0.15, -0.1) is 0 Å². The number of esters is 1. The van der Waals surface area contributed by atoms with E-state index in [-0.39, 0.29) is 22.9 Å². The Kier molecular flexibility index (Phi) is 3.39. The van der Waals surface area contributed by atoms with Crippen LogP contribution in [0.15, 0.2) is 0 Å². The molecule has 0 aromatic carbocycles. The highest BCUT2D eigenvalue weighted by atomic mass is 16.5. The molecule has 2 unspecified atom stereocenters. The molecule has 0 saturated heterocycles. The number of aliphatic hydroxyl groups excluding tert-OH is 1. The average Bonchev–Trinajstić information content (AvgIpc) is 2.41. The second kappa shape index (κ2) is 4.72. The lowest BCUT2D eigenvalue weighted by Gasteiger charge is -2.58. The van der Waals surface area contributed by atoms with Crippen molar-refractivity contribution in [2.45, 2.75) is 65.4 Å². The molecule has 3 heteroatoms. The second-order valence-electron chi connectivity index (χ2n) is 8.27. The second-order valence-corrected chi connectivity index (χ2v) is 8.27. The van der Waals surface area contributed by atoms with Crippen LogP contribution in [-0.2, 0) is 9.53 Å². The molecule has 20 heavy (non-hydrogen) atoms. The summed E-state index contributed by atoms with van der Waals surface area (Å²) in [5.41, 5.74) is -0.197. The molecule has 1 N–H and O–H groups in total. The molecule has 0 aliphatic heterocycles. The third-order valence-corrected chi connectivity index (χ3v) is 6.30. The van der Waals surface area contributed by atoms with Crippen molar-refractivity contribution >= 4 is 5.97 Å². The first-order chi connectivity index (χ1) is 9.35. The first-order valence-electron chi connectivity index (χ1n) is 8.20. The summed E-state index contributed by atoms with van der Waals surface area (Å²) in [6.07, 6.45) is 6.41. The first-order valence-corrected chi connectivity index (χ1v) is 8.20. The lowest BCUT2D eigenvalue weighted by Crippen LogP contribution is -2.55. The molecule has 0 spiro atoms. The van der Waals surface area contributed by atoms with Gasteiger partial charge in [0.05, 0.1) is 18.1 Å². The zero-order valence-electron chi connectivity index (χ0n) is 13.0. The van der Waals surface area contributed by atoms with Crippen LogP contribution in [0.4, 0.5) is 0 Å². The smallest absolute Gasteiger partial charge is 0.311 e. The zero-order valence-corrected chi connectivity index (χ0v) is 13.0. The summed E-state index contributed by atoms with van der Waals surface area (Å²) in [7, 11) is 0. The van der Waals surface area contributed by atoms with Gasteiger partial charge in [-0.05, 0) is 70.1 Å². The largest absolute Gasteiger partial charge is 0.465 e. The minimum Gasteiger partial charge on any atom is -0.465 e. The Morgan fingerprint density at radius 2 is 1.85 bits per heavy atom. The van der Waals surface area contributed by atoms with Gasteiger partial charge in [0.2, 0.25) is 0 Å². The Morgan fingerprint density at radius 1 is 1.25 bits per heavy atom. The molecule has 2 atom stereocenters.